The highest BCUT2D eigenvalue weighted by Crippen LogP contribution is 2.28. The van der Waals surface area contributed by atoms with Gasteiger partial charge in [-0.2, -0.15) is 0 Å². The van der Waals surface area contributed by atoms with Crippen molar-refractivity contribution in [3.05, 3.63) is 33.9 Å². The molecule has 2 nitrogen and oxygen atoms in total. The number of ether oxygens (including phenoxy) is 1. The van der Waals surface area contributed by atoms with Crippen molar-refractivity contribution < 1.29 is 4.74 Å². The Balaban J connectivity index is 1.60. The molecule has 0 aliphatic rings. The Labute approximate surface area is 165 Å². The second-order valence-electron chi connectivity index (χ2n) is 6.64. The molecule has 1 heterocycles. The van der Waals surface area contributed by atoms with Crippen molar-refractivity contribution in [2.45, 2.75) is 71.1 Å². The van der Waals surface area contributed by atoms with Crippen LogP contribution in [0.3, 0.4) is 0 Å². The predicted octanol–water partition coefficient (Wildman–Crippen LogP) is 7.95. The van der Waals surface area contributed by atoms with E-state index in [0.29, 0.717) is 5.02 Å². The first-order valence-electron chi connectivity index (χ1n) is 9.59. The highest BCUT2D eigenvalue weighted by Gasteiger charge is 2.04. The zero-order valence-electron chi connectivity index (χ0n) is 15.2. The molecule has 0 unspecified atom stereocenters. The van der Waals surface area contributed by atoms with Crippen LogP contribution < -0.4 is 4.74 Å². The summed E-state index contributed by atoms with van der Waals surface area (Å²) in [6.07, 6.45) is 13.4. The first-order chi connectivity index (χ1) is 12.2. The zero-order valence-corrected chi connectivity index (χ0v) is 17.5. The van der Waals surface area contributed by atoms with Crippen LogP contribution in [-0.4, -0.2) is 11.6 Å². The maximum absolute atomic E-state index is 6.23. The van der Waals surface area contributed by atoms with E-state index in [1.807, 2.05) is 24.3 Å². The normalized spacial score (nSPS) is 11.2. The van der Waals surface area contributed by atoms with Crippen LogP contribution in [-0.2, 0) is 0 Å². The van der Waals surface area contributed by atoms with Crippen molar-refractivity contribution in [3.63, 3.8) is 0 Å². The molecule has 1 aromatic carbocycles. The smallest absolute Gasteiger partial charge is 0.121 e. The molecule has 2 aromatic rings. The van der Waals surface area contributed by atoms with Crippen molar-refractivity contribution in [1.82, 2.24) is 4.98 Å². The van der Waals surface area contributed by atoms with E-state index in [-0.39, 0.29) is 0 Å². The molecule has 0 radical (unpaired) electrons. The van der Waals surface area contributed by atoms with Gasteiger partial charge in [-0.3, -0.25) is 0 Å². The summed E-state index contributed by atoms with van der Waals surface area (Å²) in [6, 6.07) is 7.72. The number of benzene rings is 1. The Morgan fingerprint density at radius 3 is 2.24 bits per heavy atom. The van der Waals surface area contributed by atoms with Crippen LogP contribution >= 0.6 is 27.5 Å². The number of aromatic nitrogens is 1. The number of hydrogen-bond donors (Lipinski definition) is 0. The molecule has 25 heavy (non-hydrogen) atoms. The lowest BCUT2D eigenvalue weighted by Gasteiger charge is -2.08. The average Bonchev–Trinajstić information content (AvgIpc) is 2.59. The van der Waals surface area contributed by atoms with Gasteiger partial charge >= 0.3 is 0 Å². The van der Waals surface area contributed by atoms with E-state index in [0.717, 1.165) is 34.3 Å². The first kappa shape index (κ1) is 20.5. The quantitative estimate of drug-likeness (QED) is 0.254. The van der Waals surface area contributed by atoms with Gasteiger partial charge < -0.3 is 4.74 Å². The Hall–Kier alpha value is -0.800. The molecule has 0 saturated carbocycles. The Kier molecular flexibility index (Phi) is 9.64. The monoisotopic (exact) mass is 425 g/mol. The van der Waals surface area contributed by atoms with Gasteiger partial charge in [-0.15, -0.1) is 0 Å². The van der Waals surface area contributed by atoms with Crippen LogP contribution in [0.4, 0.5) is 0 Å². The molecule has 0 N–H and O–H groups in total. The van der Waals surface area contributed by atoms with Gasteiger partial charge in [0.2, 0.25) is 0 Å². The van der Waals surface area contributed by atoms with E-state index in [9.17, 15) is 0 Å². The van der Waals surface area contributed by atoms with Gasteiger partial charge in [0, 0.05) is 11.5 Å². The highest BCUT2D eigenvalue weighted by atomic mass is 79.9. The fraction of sp³-hybridized carbons (Fsp3) is 0.571. The molecule has 0 saturated heterocycles. The number of rotatable bonds is 12. The fourth-order valence-corrected chi connectivity index (χ4v) is 3.82. The maximum atomic E-state index is 6.23. The van der Waals surface area contributed by atoms with Crippen molar-refractivity contribution in [1.29, 1.82) is 0 Å². The van der Waals surface area contributed by atoms with E-state index < -0.39 is 0 Å². The molecule has 1 aromatic heterocycles. The Morgan fingerprint density at radius 2 is 1.56 bits per heavy atom. The number of unbranched alkanes of at least 4 members (excludes halogenated alkanes) is 9. The van der Waals surface area contributed by atoms with Crippen LogP contribution in [0.25, 0.3) is 10.9 Å². The minimum Gasteiger partial charge on any atom is -0.494 e. The Morgan fingerprint density at radius 1 is 0.920 bits per heavy atom. The summed E-state index contributed by atoms with van der Waals surface area (Å²) >= 11 is 9.61. The molecule has 0 aliphatic heterocycles. The summed E-state index contributed by atoms with van der Waals surface area (Å²) < 4.78 is 6.61. The van der Waals surface area contributed by atoms with E-state index in [1.165, 1.54) is 57.8 Å². The lowest BCUT2D eigenvalue weighted by atomic mass is 10.1. The molecule has 0 fully saturated rings. The van der Waals surface area contributed by atoms with Crippen LogP contribution in [0.15, 0.2) is 28.9 Å². The molecule has 0 spiro atoms. The molecule has 0 bridgehead atoms. The predicted molar refractivity (Wildman–Crippen MR) is 112 cm³/mol. The number of fused-ring (bicyclic) bond motifs is 1. The SMILES string of the molecule is CCCCCCCCCCCCOc1ccc2c(Cl)cc(Br)nc2c1. The average molecular weight is 427 g/mol. The molecule has 138 valence electrons. The second kappa shape index (κ2) is 11.7. The molecular formula is C21H29BrClNO. The second-order valence-corrected chi connectivity index (χ2v) is 7.86. The lowest BCUT2D eigenvalue weighted by Crippen LogP contribution is -1.97. The van der Waals surface area contributed by atoms with E-state index in [4.69, 9.17) is 16.3 Å². The third-order valence-electron chi connectivity index (χ3n) is 4.47. The van der Waals surface area contributed by atoms with E-state index in [2.05, 4.69) is 27.8 Å². The summed E-state index contributed by atoms with van der Waals surface area (Å²) in [7, 11) is 0. The summed E-state index contributed by atoms with van der Waals surface area (Å²) in [4.78, 5) is 4.45. The number of halogens is 2. The number of hydrogen-bond acceptors (Lipinski definition) is 2. The lowest BCUT2D eigenvalue weighted by molar-refractivity contribution is 0.304. The fourth-order valence-electron chi connectivity index (χ4n) is 3.00. The minimum atomic E-state index is 0.707. The van der Waals surface area contributed by atoms with Crippen LogP contribution in [0.5, 0.6) is 5.75 Å². The third-order valence-corrected chi connectivity index (χ3v) is 5.19. The van der Waals surface area contributed by atoms with Gasteiger partial charge in [-0.1, -0.05) is 76.3 Å². The standard InChI is InChI=1S/C21H29BrClNO/c1-2-3-4-5-6-7-8-9-10-11-14-25-17-12-13-18-19(23)16-21(22)24-20(18)15-17/h12-13,15-16H,2-11,14H2,1H3. The molecule has 2 rings (SSSR count). The molecular weight excluding hydrogens is 398 g/mol. The van der Waals surface area contributed by atoms with Crippen molar-refractivity contribution in [2.75, 3.05) is 6.61 Å². The molecule has 0 aliphatic carbocycles. The van der Waals surface area contributed by atoms with Crippen molar-refractivity contribution >= 4 is 38.4 Å². The topological polar surface area (TPSA) is 22.1 Å². The largest absolute Gasteiger partial charge is 0.494 e. The van der Waals surface area contributed by atoms with Gasteiger partial charge in [-0.05, 0) is 40.5 Å². The van der Waals surface area contributed by atoms with Gasteiger partial charge in [0.1, 0.15) is 10.4 Å². The summed E-state index contributed by atoms with van der Waals surface area (Å²) in [5.41, 5.74) is 0.861. The maximum Gasteiger partial charge on any atom is 0.121 e. The van der Waals surface area contributed by atoms with Gasteiger partial charge in [0.25, 0.3) is 0 Å². The van der Waals surface area contributed by atoms with Crippen molar-refractivity contribution in [2.24, 2.45) is 0 Å². The van der Waals surface area contributed by atoms with Gasteiger partial charge in [0.05, 0.1) is 17.1 Å². The summed E-state index contributed by atoms with van der Waals surface area (Å²) in [6.45, 7) is 3.04. The van der Waals surface area contributed by atoms with E-state index >= 15 is 0 Å². The third kappa shape index (κ3) is 7.53. The van der Waals surface area contributed by atoms with Gasteiger partial charge in [-0.25, -0.2) is 4.98 Å². The zero-order chi connectivity index (χ0) is 17.9. The van der Waals surface area contributed by atoms with Crippen LogP contribution in [0, 0.1) is 0 Å². The highest BCUT2D eigenvalue weighted by molar-refractivity contribution is 9.10. The number of nitrogens with zero attached hydrogens (tertiary/aromatic N) is 1. The molecule has 4 heteroatoms. The minimum absolute atomic E-state index is 0.707. The van der Waals surface area contributed by atoms with Crippen LogP contribution in [0.2, 0.25) is 5.02 Å². The first-order valence-corrected chi connectivity index (χ1v) is 10.8. The number of pyridine rings is 1. The summed E-state index contributed by atoms with van der Waals surface area (Å²) in [5.74, 6) is 0.866. The van der Waals surface area contributed by atoms with Crippen LogP contribution in [0.1, 0.15) is 71.1 Å². The van der Waals surface area contributed by atoms with Gasteiger partial charge in [0.15, 0.2) is 0 Å². The molecule has 0 amide bonds. The Bertz CT molecular complexity index is 647. The molecule has 0 atom stereocenters. The van der Waals surface area contributed by atoms with E-state index in [1.54, 1.807) is 0 Å². The van der Waals surface area contributed by atoms with Crippen molar-refractivity contribution in [3.8, 4) is 5.75 Å². The summed E-state index contributed by atoms with van der Waals surface area (Å²) in [5, 5.41) is 1.66.